The molecule has 7 heteroatoms. The van der Waals surface area contributed by atoms with Gasteiger partial charge in [-0.25, -0.2) is 14.6 Å². The zero-order chi connectivity index (χ0) is 14.7. The van der Waals surface area contributed by atoms with Crippen molar-refractivity contribution in [2.24, 2.45) is 0 Å². The summed E-state index contributed by atoms with van der Waals surface area (Å²) < 4.78 is 1.50. The Bertz CT molecular complexity index is 606. The first-order chi connectivity index (χ1) is 9.54. The molecule has 0 spiro atoms. The molecule has 0 aliphatic rings. The van der Waals surface area contributed by atoms with E-state index in [1.54, 1.807) is 24.3 Å². The van der Waals surface area contributed by atoms with Gasteiger partial charge in [-0.3, -0.25) is 9.78 Å². The SMILES string of the molecule is CCN(C)C(=O)c1ncn(-c2nccnc2C(C)C)n1. The number of rotatable bonds is 4. The van der Waals surface area contributed by atoms with Gasteiger partial charge >= 0.3 is 0 Å². The molecule has 0 unspecified atom stereocenters. The second-order valence-electron chi connectivity index (χ2n) is 4.75. The number of amides is 1. The molecule has 0 fully saturated rings. The van der Waals surface area contributed by atoms with Crippen molar-refractivity contribution in [3.8, 4) is 5.82 Å². The standard InChI is InChI=1S/C13H18N6O/c1-5-18(4)13(20)11-16-8-19(17-11)12-10(9(2)3)14-6-7-15-12/h6-9H,5H2,1-4H3. The lowest BCUT2D eigenvalue weighted by atomic mass is 10.1. The first-order valence-electron chi connectivity index (χ1n) is 6.53. The van der Waals surface area contributed by atoms with Gasteiger partial charge in [0.2, 0.25) is 5.82 Å². The second kappa shape index (κ2) is 5.77. The maximum absolute atomic E-state index is 12.0. The topological polar surface area (TPSA) is 76.8 Å². The first kappa shape index (κ1) is 14.1. The van der Waals surface area contributed by atoms with Crippen LogP contribution >= 0.6 is 0 Å². The Hall–Kier alpha value is -2.31. The van der Waals surface area contributed by atoms with Crippen molar-refractivity contribution in [2.75, 3.05) is 13.6 Å². The molecule has 0 aliphatic heterocycles. The van der Waals surface area contributed by atoms with Crippen molar-refractivity contribution in [2.45, 2.75) is 26.7 Å². The van der Waals surface area contributed by atoms with Gasteiger partial charge in [-0.15, -0.1) is 5.10 Å². The summed E-state index contributed by atoms with van der Waals surface area (Å²) >= 11 is 0. The molecule has 0 atom stereocenters. The van der Waals surface area contributed by atoms with Gasteiger partial charge in [0, 0.05) is 26.0 Å². The minimum absolute atomic E-state index is 0.162. The summed E-state index contributed by atoms with van der Waals surface area (Å²) in [6.07, 6.45) is 4.74. The van der Waals surface area contributed by atoms with Gasteiger partial charge < -0.3 is 4.90 Å². The molecule has 0 bridgehead atoms. The van der Waals surface area contributed by atoms with Crippen LogP contribution in [0.3, 0.4) is 0 Å². The zero-order valence-corrected chi connectivity index (χ0v) is 12.1. The van der Waals surface area contributed by atoms with Crippen LogP contribution in [0, 0.1) is 0 Å². The maximum Gasteiger partial charge on any atom is 0.293 e. The van der Waals surface area contributed by atoms with Crippen LogP contribution in [0.2, 0.25) is 0 Å². The number of aromatic nitrogens is 5. The molecule has 1 amide bonds. The van der Waals surface area contributed by atoms with Gasteiger partial charge in [-0.05, 0) is 12.8 Å². The van der Waals surface area contributed by atoms with Gasteiger partial charge in [0.25, 0.3) is 5.91 Å². The minimum atomic E-state index is -0.207. The van der Waals surface area contributed by atoms with E-state index in [4.69, 9.17) is 0 Å². The summed E-state index contributed by atoms with van der Waals surface area (Å²) in [7, 11) is 1.71. The predicted octanol–water partition coefficient (Wildman–Crippen LogP) is 1.27. The van der Waals surface area contributed by atoms with Crippen molar-refractivity contribution in [3.05, 3.63) is 30.2 Å². The Kier molecular flexibility index (Phi) is 4.07. The largest absolute Gasteiger partial charge is 0.339 e. The minimum Gasteiger partial charge on any atom is -0.339 e. The molecular weight excluding hydrogens is 256 g/mol. The van der Waals surface area contributed by atoms with Crippen molar-refractivity contribution >= 4 is 5.91 Å². The Morgan fingerprint density at radius 1 is 1.30 bits per heavy atom. The van der Waals surface area contributed by atoms with Crippen LogP contribution in [0.1, 0.15) is 43.0 Å². The van der Waals surface area contributed by atoms with Crippen LogP contribution in [-0.4, -0.2) is 49.1 Å². The number of hydrogen-bond acceptors (Lipinski definition) is 5. The van der Waals surface area contributed by atoms with E-state index in [-0.39, 0.29) is 17.6 Å². The first-order valence-corrected chi connectivity index (χ1v) is 6.53. The third-order valence-corrected chi connectivity index (χ3v) is 2.97. The van der Waals surface area contributed by atoms with Crippen LogP contribution in [0.4, 0.5) is 0 Å². The van der Waals surface area contributed by atoms with Crippen molar-refractivity contribution in [1.82, 2.24) is 29.6 Å². The normalized spacial score (nSPS) is 10.8. The fourth-order valence-electron chi connectivity index (χ4n) is 1.70. The van der Waals surface area contributed by atoms with Crippen LogP contribution in [-0.2, 0) is 0 Å². The fourth-order valence-corrected chi connectivity index (χ4v) is 1.70. The highest BCUT2D eigenvalue weighted by Crippen LogP contribution is 2.17. The van der Waals surface area contributed by atoms with Gasteiger partial charge in [-0.1, -0.05) is 13.8 Å². The van der Waals surface area contributed by atoms with Gasteiger partial charge in [0.1, 0.15) is 6.33 Å². The summed E-state index contributed by atoms with van der Waals surface area (Å²) in [6.45, 7) is 6.56. The average Bonchev–Trinajstić information content (AvgIpc) is 2.95. The molecule has 20 heavy (non-hydrogen) atoms. The van der Waals surface area contributed by atoms with E-state index in [0.29, 0.717) is 12.4 Å². The molecule has 2 aromatic heterocycles. The molecule has 0 saturated heterocycles. The number of hydrogen-bond donors (Lipinski definition) is 0. The van der Waals surface area contributed by atoms with Crippen LogP contribution < -0.4 is 0 Å². The second-order valence-corrected chi connectivity index (χ2v) is 4.75. The monoisotopic (exact) mass is 274 g/mol. The molecule has 0 aliphatic carbocycles. The van der Waals surface area contributed by atoms with Crippen molar-refractivity contribution < 1.29 is 4.79 Å². The molecule has 0 saturated carbocycles. The summed E-state index contributed by atoms with van der Waals surface area (Å²) in [5, 5.41) is 4.20. The summed E-state index contributed by atoms with van der Waals surface area (Å²) in [5.41, 5.74) is 0.820. The van der Waals surface area contributed by atoms with Gasteiger partial charge in [0.15, 0.2) is 5.82 Å². The lowest BCUT2D eigenvalue weighted by Crippen LogP contribution is -2.27. The van der Waals surface area contributed by atoms with Crippen LogP contribution in [0.5, 0.6) is 0 Å². The van der Waals surface area contributed by atoms with Crippen LogP contribution in [0.15, 0.2) is 18.7 Å². The van der Waals surface area contributed by atoms with E-state index in [1.807, 2.05) is 20.8 Å². The van der Waals surface area contributed by atoms with Crippen LogP contribution in [0.25, 0.3) is 5.82 Å². The lowest BCUT2D eigenvalue weighted by molar-refractivity contribution is 0.0790. The molecule has 2 rings (SSSR count). The average molecular weight is 274 g/mol. The maximum atomic E-state index is 12.0. The highest BCUT2D eigenvalue weighted by Gasteiger charge is 2.18. The Labute approximate surface area is 117 Å². The molecule has 2 aromatic rings. The molecular formula is C13H18N6O. The van der Waals surface area contributed by atoms with E-state index in [1.165, 1.54) is 11.0 Å². The quantitative estimate of drug-likeness (QED) is 0.839. The van der Waals surface area contributed by atoms with E-state index in [9.17, 15) is 4.79 Å². The smallest absolute Gasteiger partial charge is 0.293 e. The molecule has 106 valence electrons. The molecule has 7 nitrogen and oxygen atoms in total. The van der Waals surface area contributed by atoms with E-state index in [2.05, 4.69) is 20.1 Å². The molecule has 0 radical (unpaired) electrons. The Morgan fingerprint density at radius 2 is 2.00 bits per heavy atom. The molecule has 0 N–H and O–H groups in total. The summed E-state index contributed by atoms with van der Waals surface area (Å²) in [4.78, 5) is 26.2. The third-order valence-electron chi connectivity index (χ3n) is 2.97. The van der Waals surface area contributed by atoms with Gasteiger partial charge in [-0.2, -0.15) is 0 Å². The fraction of sp³-hybridized carbons (Fsp3) is 0.462. The highest BCUT2D eigenvalue weighted by atomic mass is 16.2. The van der Waals surface area contributed by atoms with Crippen molar-refractivity contribution in [3.63, 3.8) is 0 Å². The summed E-state index contributed by atoms with van der Waals surface area (Å²) in [6, 6.07) is 0. The summed E-state index contributed by atoms with van der Waals surface area (Å²) in [5.74, 6) is 0.768. The number of carbonyl (C=O) groups excluding carboxylic acids is 1. The van der Waals surface area contributed by atoms with Gasteiger partial charge in [0.05, 0.1) is 5.69 Å². The Balaban J connectivity index is 2.37. The van der Waals surface area contributed by atoms with E-state index >= 15 is 0 Å². The lowest BCUT2D eigenvalue weighted by Gasteiger charge is -2.11. The Morgan fingerprint density at radius 3 is 2.65 bits per heavy atom. The number of nitrogens with zero attached hydrogens (tertiary/aromatic N) is 6. The predicted molar refractivity (Wildman–Crippen MR) is 73.7 cm³/mol. The molecule has 2 heterocycles. The van der Waals surface area contributed by atoms with Crippen molar-refractivity contribution in [1.29, 1.82) is 0 Å². The van der Waals surface area contributed by atoms with E-state index in [0.717, 1.165) is 5.69 Å². The zero-order valence-electron chi connectivity index (χ0n) is 12.1. The number of carbonyl (C=O) groups is 1. The molecule has 0 aromatic carbocycles. The highest BCUT2D eigenvalue weighted by molar-refractivity contribution is 5.90. The third kappa shape index (κ3) is 2.66. The van der Waals surface area contributed by atoms with E-state index < -0.39 is 0 Å².